The molecule has 28 heavy (non-hydrogen) atoms. The molecule has 0 aromatic carbocycles. The standard InChI is InChI=1S/C20H24N4O2S2/c1-4-24-17(23-9-7-5-6-8-10-23)14(13(2)15(12-21)18(24)25)11-16-19(26)22(3)20(27)28-16/h11H,4-10H2,1-3H3/b16-11+. The van der Waals surface area contributed by atoms with Crippen LogP contribution in [0.2, 0.25) is 0 Å². The molecule has 0 aliphatic carbocycles. The number of likely N-dealkylation sites (N-methyl/N-ethyl adjacent to an activating group) is 1. The molecule has 2 fully saturated rings. The maximum Gasteiger partial charge on any atom is 0.270 e. The van der Waals surface area contributed by atoms with Crippen molar-refractivity contribution >= 4 is 46.1 Å². The van der Waals surface area contributed by atoms with Gasteiger partial charge in [0.05, 0.1) is 4.91 Å². The summed E-state index contributed by atoms with van der Waals surface area (Å²) in [5, 5.41) is 9.59. The first kappa shape index (κ1) is 20.6. The van der Waals surface area contributed by atoms with Crippen molar-refractivity contribution in [1.29, 1.82) is 5.26 Å². The molecule has 148 valence electrons. The number of aromatic nitrogens is 1. The summed E-state index contributed by atoms with van der Waals surface area (Å²) in [4.78, 5) is 29.7. The van der Waals surface area contributed by atoms with E-state index in [1.54, 1.807) is 18.5 Å². The summed E-state index contributed by atoms with van der Waals surface area (Å²) < 4.78 is 2.18. The summed E-state index contributed by atoms with van der Waals surface area (Å²) in [6.07, 6.45) is 6.28. The van der Waals surface area contributed by atoms with Gasteiger partial charge in [0.1, 0.15) is 21.8 Å². The lowest BCUT2D eigenvalue weighted by molar-refractivity contribution is -0.121. The van der Waals surface area contributed by atoms with E-state index in [0.29, 0.717) is 21.3 Å². The summed E-state index contributed by atoms with van der Waals surface area (Å²) in [5.41, 5.74) is 1.27. The van der Waals surface area contributed by atoms with Gasteiger partial charge in [-0.2, -0.15) is 5.26 Å². The number of nitrogens with zero attached hydrogens (tertiary/aromatic N) is 4. The monoisotopic (exact) mass is 416 g/mol. The number of amides is 1. The van der Waals surface area contributed by atoms with Crippen molar-refractivity contribution in [2.24, 2.45) is 0 Å². The number of thiocarbonyl (C=S) groups is 1. The fraction of sp³-hybridized carbons (Fsp3) is 0.500. The predicted octanol–water partition coefficient (Wildman–Crippen LogP) is 3.26. The largest absolute Gasteiger partial charge is 0.357 e. The van der Waals surface area contributed by atoms with Gasteiger partial charge < -0.3 is 4.90 Å². The summed E-state index contributed by atoms with van der Waals surface area (Å²) in [7, 11) is 1.66. The minimum absolute atomic E-state index is 0.138. The fourth-order valence-electron chi connectivity index (χ4n) is 3.74. The Morgan fingerprint density at radius 3 is 2.36 bits per heavy atom. The van der Waals surface area contributed by atoms with E-state index in [0.717, 1.165) is 37.3 Å². The van der Waals surface area contributed by atoms with E-state index in [-0.39, 0.29) is 17.0 Å². The Hall–Kier alpha value is -2.11. The zero-order valence-electron chi connectivity index (χ0n) is 16.4. The topological polar surface area (TPSA) is 69.3 Å². The summed E-state index contributed by atoms with van der Waals surface area (Å²) in [6, 6.07) is 2.07. The number of hydrogen-bond acceptors (Lipinski definition) is 6. The van der Waals surface area contributed by atoms with Crippen LogP contribution in [0.15, 0.2) is 9.70 Å². The Balaban J connectivity index is 2.27. The smallest absolute Gasteiger partial charge is 0.270 e. The van der Waals surface area contributed by atoms with Gasteiger partial charge in [0.25, 0.3) is 11.5 Å². The molecule has 0 spiro atoms. The van der Waals surface area contributed by atoms with Crippen LogP contribution in [0, 0.1) is 18.3 Å². The average Bonchev–Trinajstić information content (AvgIpc) is 2.89. The fourth-order valence-corrected chi connectivity index (χ4v) is 4.90. The van der Waals surface area contributed by atoms with Gasteiger partial charge >= 0.3 is 0 Å². The van der Waals surface area contributed by atoms with Crippen LogP contribution in [-0.4, -0.2) is 39.8 Å². The second-order valence-electron chi connectivity index (χ2n) is 7.04. The number of rotatable bonds is 3. The van der Waals surface area contributed by atoms with E-state index >= 15 is 0 Å². The lowest BCUT2D eigenvalue weighted by atomic mass is 10.0. The van der Waals surface area contributed by atoms with Crippen LogP contribution in [0.3, 0.4) is 0 Å². The molecule has 2 saturated heterocycles. The summed E-state index contributed by atoms with van der Waals surface area (Å²) in [5.74, 6) is 0.663. The molecule has 0 unspecified atom stereocenters. The van der Waals surface area contributed by atoms with Crippen molar-refractivity contribution in [1.82, 2.24) is 9.47 Å². The van der Waals surface area contributed by atoms with Crippen molar-refractivity contribution in [2.45, 2.75) is 46.1 Å². The van der Waals surface area contributed by atoms with Gasteiger partial charge in [-0.1, -0.05) is 36.8 Å². The third-order valence-corrected chi connectivity index (χ3v) is 6.81. The zero-order chi connectivity index (χ0) is 20.4. The normalized spacial score (nSPS) is 19.3. The summed E-state index contributed by atoms with van der Waals surface area (Å²) >= 11 is 6.50. The molecule has 0 atom stereocenters. The maximum atomic E-state index is 13.0. The molecule has 0 radical (unpaired) electrons. The molecule has 1 aromatic heterocycles. The van der Waals surface area contributed by atoms with Crippen LogP contribution in [0.1, 0.15) is 49.3 Å². The molecule has 0 saturated carbocycles. The maximum absolute atomic E-state index is 13.0. The molecular weight excluding hydrogens is 392 g/mol. The van der Waals surface area contributed by atoms with Crippen LogP contribution in [0.25, 0.3) is 6.08 Å². The molecule has 2 aliphatic heterocycles. The average molecular weight is 417 g/mol. The molecule has 0 N–H and O–H groups in total. The number of anilines is 1. The molecule has 6 nitrogen and oxygen atoms in total. The lowest BCUT2D eigenvalue weighted by Gasteiger charge is -2.29. The van der Waals surface area contributed by atoms with Gasteiger partial charge in [0.15, 0.2) is 0 Å². The van der Waals surface area contributed by atoms with Gasteiger partial charge in [0, 0.05) is 32.2 Å². The highest BCUT2D eigenvalue weighted by Gasteiger charge is 2.30. The van der Waals surface area contributed by atoms with Crippen LogP contribution in [0.5, 0.6) is 0 Å². The third-order valence-electron chi connectivity index (χ3n) is 5.33. The number of pyridine rings is 1. The Morgan fingerprint density at radius 2 is 1.86 bits per heavy atom. The first-order valence-electron chi connectivity index (χ1n) is 9.54. The second kappa shape index (κ2) is 8.50. The molecule has 1 aromatic rings. The second-order valence-corrected chi connectivity index (χ2v) is 8.72. The molecule has 8 heteroatoms. The number of carbonyl (C=O) groups excluding carboxylic acids is 1. The molecule has 0 bridgehead atoms. The zero-order valence-corrected chi connectivity index (χ0v) is 18.1. The molecule has 1 amide bonds. The van der Waals surface area contributed by atoms with E-state index in [9.17, 15) is 14.9 Å². The van der Waals surface area contributed by atoms with E-state index in [2.05, 4.69) is 11.0 Å². The minimum Gasteiger partial charge on any atom is -0.357 e. The Kier molecular flexibility index (Phi) is 6.26. The molecule has 2 aliphatic rings. The minimum atomic E-state index is -0.262. The molecule has 3 heterocycles. The van der Waals surface area contributed by atoms with Crippen LogP contribution in [-0.2, 0) is 11.3 Å². The van der Waals surface area contributed by atoms with Gasteiger partial charge in [-0.25, -0.2) is 0 Å². The van der Waals surface area contributed by atoms with Gasteiger partial charge in [-0.05, 0) is 38.3 Å². The van der Waals surface area contributed by atoms with E-state index in [1.165, 1.54) is 29.5 Å². The number of carbonyl (C=O) groups is 1. The predicted molar refractivity (Wildman–Crippen MR) is 117 cm³/mol. The van der Waals surface area contributed by atoms with E-state index in [1.807, 2.05) is 13.0 Å². The summed E-state index contributed by atoms with van der Waals surface area (Å²) in [6.45, 7) is 5.89. The van der Waals surface area contributed by atoms with Crippen molar-refractivity contribution in [3.63, 3.8) is 0 Å². The van der Waals surface area contributed by atoms with Crippen LogP contribution < -0.4 is 10.5 Å². The SMILES string of the molecule is CCn1c(N2CCCCCC2)c(/C=C2/SC(=S)N(C)C2=O)c(C)c(C#N)c1=O. The highest BCUT2D eigenvalue weighted by atomic mass is 32.2. The van der Waals surface area contributed by atoms with Crippen molar-refractivity contribution in [3.05, 3.63) is 31.9 Å². The van der Waals surface area contributed by atoms with Gasteiger partial charge in [-0.3, -0.25) is 19.1 Å². The first-order chi connectivity index (χ1) is 13.4. The number of thioether (sulfide) groups is 1. The van der Waals surface area contributed by atoms with E-state index in [4.69, 9.17) is 12.2 Å². The Labute approximate surface area is 174 Å². The Bertz CT molecular complexity index is 950. The molecular formula is C20H24N4O2S2. The quantitative estimate of drug-likeness (QED) is 0.556. The number of nitriles is 1. The molecule has 3 rings (SSSR count). The van der Waals surface area contributed by atoms with Crippen LogP contribution in [0.4, 0.5) is 5.82 Å². The number of hydrogen-bond donors (Lipinski definition) is 0. The van der Waals surface area contributed by atoms with Crippen molar-refractivity contribution in [3.8, 4) is 6.07 Å². The van der Waals surface area contributed by atoms with Gasteiger partial charge in [-0.15, -0.1) is 0 Å². The highest BCUT2D eigenvalue weighted by Crippen LogP contribution is 2.35. The third kappa shape index (κ3) is 3.61. The lowest BCUT2D eigenvalue weighted by Crippen LogP contribution is -2.35. The van der Waals surface area contributed by atoms with Crippen LogP contribution >= 0.6 is 24.0 Å². The van der Waals surface area contributed by atoms with Gasteiger partial charge in [0.2, 0.25) is 0 Å². The first-order valence-corrected chi connectivity index (χ1v) is 10.8. The van der Waals surface area contributed by atoms with Crippen molar-refractivity contribution < 1.29 is 4.79 Å². The van der Waals surface area contributed by atoms with E-state index < -0.39 is 0 Å². The highest BCUT2D eigenvalue weighted by molar-refractivity contribution is 8.26. The van der Waals surface area contributed by atoms with Crippen molar-refractivity contribution in [2.75, 3.05) is 25.0 Å². The Morgan fingerprint density at radius 1 is 1.21 bits per heavy atom.